The van der Waals surface area contributed by atoms with Gasteiger partial charge in [0.15, 0.2) is 0 Å². The molecule has 3 nitrogen and oxygen atoms in total. The van der Waals surface area contributed by atoms with Crippen LogP contribution in [0.5, 0.6) is 5.75 Å². The van der Waals surface area contributed by atoms with Crippen LogP contribution in [-0.2, 0) is 6.18 Å². The lowest BCUT2D eigenvalue weighted by atomic mass is 10.1. The van der Waals surface area contributed by atoms with Crippen LogP contribution in [0.2, 0.25) is 5.02 Å². The van der Waals surface area contributed by atoms with E-state index in [1.165, 1.54) is 32.1 Å². The Labute approximate surface area is 192 Å². The van der Waals surface area contributed by atoms with Crippen molar-refractivity contribution in [1.29, 1.82) is 0 Å². The molecule has 0 radical (unpaired) electrons. The number of fused-ring (bicyclic) bond motifs is 1. The Hall–Kier alpha value is -2.34. The maximum absolute atomic E-state index is 13.4. The summed E-state index contributed by atoms with van der Waals surface area (Å²) in [5.41, 5.74) is 3.34. The molecule has 1 aromatic heterocycles. The molecule has 7 heteroatoms. The lowest BCUT2D eigenvalue weighted by Crippen LogP contribution is -2.11. The molecule has 0 spiro atoms. The van der Waals surface area contributed by atoms with Crippen LogP contribution in [0, 0.1) is 0 Å². The number of ether oxygens (including phenoxy) is 1. The van der Waals surface area contributed by atoms with E-state index in [-0.39, 0.29) is 5.75 Å². The van der Waals surface area contributed by atoms with E-state index in [9.17, 15) is 13.2 Å². The summed E-state index contributed by atoms with van der Waals surface area (Å²) in [6.45, 7) is 2.60. The summed E-state index contributed by atoms with van der Waals surface area (Å²) in [5, 5.41) is 1.40. The van der Waals surface area contributed by atoms with E-state index < -0.39 is 11.7 Å². The number of halogens is 4. The van der Waals surface area contributed by atoms with E-state index in [1.54, 1.807) is 29.1 Å². The molecule has 0 aliphatic rings. The highest BCUT2D eigenvalue weighted by Gasteiger charge is 2.31. The van der Waals surface area contributed by atoms with Gasteiger partial charge in [-0.1, -0.05) is 69.5 Å². The van der Waals surface area contributed by atoms with Crippen molar-refractivity contribution in [3.63, 3.8) is 0 Å². The number of rotatable bonds is 12. The number of unbranched alkanes of at least 4 members (excludes halogenated alkanes) is 7. The highest BCUT2D eigenvalue weighted by atomic mass is 35.5. The highest BCUT2D eigenvalue weighted by molar-refractivity contribution is 6.35. The summed E-state index contributed by atoms with van der Waals surface area (Å²) in [6, 6.07) is 11.0. The summed E-state index contributed by atoms with van der Waals surface area (Å²) in [7, 11) is 0. The molecule has 0 saturated heterocycles. The number of aromatic nitrogens is 1. The van der Waals surface area contributed by atoms with E-state index in [0.29, 0.717) is 17.3 Å². The topological polar surface area (TPSA) is 26.2 Å². The Balaban J connectivity index is 1.63. The Kier molecular flexibility index (Phi) is 8.74. The Morgan fingerprint density at radius 1 is 0.938 bits per heavy atom. The van der Waals surface area contributed by atoms with Crippen LogP contribution in [0.25, 0.3) is 10.9 Å². The third-order valence-corrected chi connectivity index (χ3v) is 5.76. The van der Waals surface area contributed by atoms with Gasteiger partial charge in [-0.05, 0) is 36.8 Å². The molecule has 0 unspecified atom stereocenters. The molecule has 0 amide bonds. The molecule has 0 bridgehead atoms. The Morgan fingerprint density at radius 2 is 1.66 bits per heavy atom. The monoisotopic (exact) mass is 466 g/mol. The molecule has 174 valence electrons. The van der Waals surface area contributed by atoms with Crippen molar-refractivity contribution in [3.05, 3.63) is 59.2 Å². The largest absolute Gasteiger partial charge is 0.494 e. The molecular formula is C25H30ClF3N2O. The number of nitrogens with zero attached hydrogens (tertiary/aromatic N) is 1. The van der Waals surface area contributed by atoms with E-state index in [2.05, 4.69) is 12.3 Å². The number of hydrogen-bond donors (Lipinski definition) is 1. The van der Waals surface area contributed by atoms with Crippen molar-refractivity contribution >= 4 is 28.2 Å². The predicted octanol–water partition coefficient (Wildman–Crippen LogP) is 8.71. The molecule has 3 aromatic rings. The first-order valence-electron chi connectivity index (χ1n) is 11.3. The molecule has 0 aliphatic heterocycles. The fraction of sp³-hybridized carbons (Fsp3) is 0.440. The third-order valence-electron chi connectivity index (χ3n) is 5.43. The average Bonchev–Trinajstić information content (AvgIpc) is 3.16. The van der Waals surface area contributed by atoms with Crippen molar-refractivity contribution in [2.24, 2.45) is 0 Å². The molecule has 0 saturated carbocycles. The zero-order valence-corrected chi connectivity index (χ0v) is 19.1. The van der Waals surface area contributed by atoms with E-state index >= 15 is 0 Å². The first kappa shape index (κ1) is 24.3. The second-order valence-electron chi connectivity index (χ2n) is 8.04. The van der Waals surface area contributed by atoms with Gasteiger partial charge in [0.05, 0.1) is 28.4 Å². The lowest BCUT2D eigenvalue weighted by Gasteiger charge is -2.15. The molecule has 3 rings (SSSR count). The standard InChI is InChI=1S/C25H30ClF3N2O/c1-2-3-4-5-6-7-8-9-15-32-21-17-19(25(27,28)29)16-20(18-21)30-31-14-13-22-23(26)11-10-12-24(22)31/h10-14,16-18,30H,2-9,15H2,1H3. The van der Waals surface area contributed by atoms with Gasteiger partial charge < -0.3 is 4.74 Å². The third kappa shape index (κ3) is 6.83. The number of alkyl halides is 3. The van der Waals surface area contributed by atoms with Crippen LogP contribution in [0.1, 0.15) is 63.9 Å². The van der Waals surface area contributed by atoms with Crippen molar-refractivity contribution in [1.82, 2.24) is 4.68 Å². The second kappa shape index (κ2) is 11.5. The molecule has 1 heterocycles. The van der Waals surface area contributed by atoms with Crippen molar-refractivity contribution in [2.75, 3.05) is 12.0 Å². The van der Waals surface area contributed by atoms with E-state index in [4.69, 9.17) is 16.3 Å². The van der Waals surface area contributed by atoms with Gasteiger partial charge in [-0.3, -0.25) is 10.1 Å². The number of benzene rings is 2. The predicted molar refractivity (Wildman–Crippen MR) is 126 cm³/mol. The Morgan fingerprint density at radius 3 is 2.38 bits per heavy atom. The minimum absolute atomic E-state index is 0.208. The fourth-order valence-electron chi connectivity index (χ4n) is 3.70. The SMILES string of the molecule is CCCCCCCCCCOc1cc(Nn2ccc3c(Cl)cccc32)cc(C(F)(F)F)c1. The minimum Gasteiger partial charge on any atom is -0.494 e. The quantitative estimate of drug-likeness (QED) is 0.270. The molecule has 2 aromatic carbocycles. The second-order valence-corrected chi connectivity index (χ2v) is 8.44. The maximum atomic E-state index is 13.4. The lowest BCUT2D eigenvalue weighted by molar-refractivity contribution is -0.137. The smallest absolute Gasteiger partial charge is 0.416 e. The van der Waals surface area contributed by atoms with Crippen molar-refractivity contribution < 1.29 is 17.9 Å². The number of nitrogens with one attached hydrogen (secondary N) is 1. The summed E-state index contributed by atoms with van der Waals surface area (Å²) >= 11 is 6.20. The van der Waals surface area contributed by atoms with Crippen LogP contribution >= 0.6 is 11.6 Å². The van der Waals surface area contributed by atoms with Crippen LogP contribution in [0.4, 0.5) is 18.9 Å². The maximum Gasteiger partial charge on any atom is 0.416 e. The zero-order chi connectivity index (χ0) is 23.0. The van der Waals surface area contributed by atoms with Gasteiger partial charge in [0.2, 0.25) is 0 Å². The summed E-state index contributed by atoms with van der Waals surface area (Å²) in [5.74, 6) is 0.208. The highest BCUT2D eigenvalue weighted by Crippen LogP contribution is 2.35. The van der Waals surface area contributed by atoms with E-state index in [0.717, 1.165) is 42.3 Å². The van der Waals surface area contributed by atoms with Crippen LogP contribution in [0.15, 0.2) is 48.7 Å². The summed E-state index contributed by atoms with van der Waals surface area (Å²) < 4.78 is 47.7. The normalized spacial score (nSPS) is 11.8. The number of anilines is 1. The summed E-state index contributed by atoms with van der Waals surface area (Å²) in [6.07, 6.45) is 6.48. The molecule has 0 aliphatic carbocycles. The minimum atomic E-state index is -4.46. The molecule has 1 N–H and O–H groups in total. The van der Waals surface area contributed by atoms with Crippen LogP contribution in [-0.4, -0.2) is 11.3 Å². The first-order valence-corrected chi connectivity index (χ1v) is 11.6. The number of hydrogen-bond acceptors (Lipinski definition) is 2. The van der Waals surface area contributed by atoms with Gasteiger partial charge in [0, 0.05) is 17.6 Å². The summed E-state index contributed by atoms with van der Waals surface area (Å²) in [4.78, 5) is 0. The van der Waals surface area contributed by atoms with Crippen LogP contribution in [0.3, 0.4) is 0 Å². The van der Waals surface area contributed by atoms with Gasteiger partial charge in [0.1, 0.15) is 5.75 Å². The van der Waals surface area contributed by atoms with Gasteiger partial charge in [-0.25, -0.2) is 0 Å². The van der Waals surface area contributed by atoms with Gasteiger partial charge in [0.25, 0.3) is 0 Å². The van der Waals surface area contributed by atoms with E-state index in [1.807, 2.05) is 12.1 Å². The molecule has 0 fully saturated rings. The van der Waals surface area contributed by atoms with Crippen molar-refractivity contribution in [2.45, 2.75) is 64.5 Å². The van der Waals surface area contributed by atoms with Crippen molar-refractivity contribution in [3.8, 4) is 5.75 Å². The van der Waals surface area contributed by atoms with Crippen LogP contribution < -0.4 is 10.2 Å². The molecular weight excluding hydrogens is 437 g/mol. The van der Waals surface area contributed by atoms with Gasteiger partial charge in [-0.15, -0.1) is 0 Å². The van der Waals surface area contributed by atoms with Gasteiger partial charge >= 0.3 is 6.18 Å². The van der Waals surface area contributed by atoms with Gasteiger partial charge in [-0.2, -0.15) is 13.2 Å². The average molecular weight is 467 g/mol. The first-order chi connectivity index (χ1) is 15.4. The molecule has 32 heavy (non-hydrogen) atoms. The zero-order valence-electron chi connectivity index (χ0n) is 18.4. The fourth-order valence-corrected chi connectivity index (χ4v) is 3.94. The Bertz CT molecular complexity index is 1000. The molecule has 0 atom stereocenters.